The van der Waals surface area contributed by atoms with Crippen LogP contribution in [0.1, 0.15) is 18.5 Å². The van der Waals surface area contributed by atoms with Gasteiger partial charge in [0.05, 0.1) is 12.7 Å². The van der Waals surface area contributed by atoms with E-state index in [-0.39, 0.29) is 5.91 Å². The van der Waals surface area contributed by atoms with Crippen LogP contribution in [-0.2, 0) is 4.79 Å². The van der Waals surface area contributed by atoms with Gasteiger partial charge in [0, 0.05) is 16.9 Å². The van der Waals surface area contributed by atoms with E-state index in [9.17, 15) is 4.79 Å². The number of nitrogens with zero attached hydrogens (tertiary/aromatic N) is 3. The quantitative estimate of drug-likeness (QED) is 0.465. The van der Waals surface area contributed by atoms with Crippen LogP contribution in [0.3, 0.4) is 0 Å². The molecule has 1 aliphatic rings. The summed E-state index contributed by atoms with van der Waals surface area (Å²) in [7, 11) is 1.63. The molecule has 0 bridgehead atoms. The van der Waals surface area contributed by atoms with Gasteiger partial charge in [-0.15, -0.1) is 5.10 Å². The number of rotatable bonds is 5. The Morgan fingerprint density at radius 2 is 1.64 bits per heavy atom. The lowest BCUT2D eigenvalue weighted by Crippen LogP contribution is -2.31. The largest absolute Gasteiger partial charge is 0.497 e. The van der Waals surface area contributed by atoms with Crippen LogP contribution in [-0.4, -0.2) is 27.8 Å². The maximum Gasteiger partial charge on any atom is 0.255 e. The first-order valence-electron chi connectivity index (χ1n) is 10.6. The molecule has 1 aromatic heterocycles. The number of carbonyl (C=O) groups excluding carboxylic acids is 1. The lowest BCUT2D eigenvalue weighted by Gasteiger charge is -2.28. The Kier molecular flexibility index (Phi) is 5.36. The van der Waals surface area contributed by atoms with Gasteiger partial charge in [0.25, 0.3) is 5.91 Å². The highest BCUT2D eigenvalue weighted by Crippen LogP contribution is 2.36. The van der Waals surface area contributed by atoms with E-state index in [4.69, 9.17) is 14.8 Å². The van der Waals surface area contributed by atoms with Gasteiger partial charge in [0.1, 0.15) is 11.8 Å². The molecule has 0 saturated heterocycles. The molecule has 5 rings (SSSR count). The second kappa shape index (κ2) is 8.63. The van der Waals surface area contributed by atoms with Gasteiger partial charge in [-0.25, -0.2) is 4.68 Å². The molecule has 0 aliphatic carbocycles. The summed E-state index contributed by atoms with van der Waals surface area (Å²) >= 11 is 0. The Balaban J connectivity index is 1.57. The van der Waals surface area contributed by atoms with E-state index in [1.807, 2.05) is 91.9 Å². The third kappa shape index (κ3) is 3.96. The van der Waals surface area contributed by atoms with E-state index >= 15 is 0 Å². The molecule has 1 amide bonds. The molecular weight excluding hydrogens is 414 g/mol. The summed E-state index contributed by atoms with van der Waals surface area (Å²) in [5.74, 6) is 1.73. The van der Waals surface area contributed by atoms with E-state index in [0.717, 1.165) is 28.3 Å². The summed E-state index contributed by atoms with van der Waals surface area (Å²) in [5, 5.41) is 11.1. The van der Waals surface area contributed by atoms with Crippen molar-refractivity contribution in [3.05, 3.63) is 102 Å². The molecule has 33 heavy (non-hydrogen) atoms. The number of ether oxygens (including phenoxy) is 1. The average Bonchev–Trinajstić information content (AvgIpc) is 3.28. The molecule has 1 aliphatic heterocycles. The summed E-state index contributed by atoms with van der Waals surface area (Å²) in [6.45, 7) is 1.89. The second-order valence-electron chi connectivity index (χ2n) is 7.73. The minimum absolute atomic E-state index is 0.188. The molecule has 7 nitrogen and oxygen atoms in total. The van der Waals surface area contributed by atoms with E-state index in [0.29, 0.717) is 17.3 Å². The molecule has 3 aromatic carbocycles. The first-order chi connectivity index (χ1) is 16.1. The van der Waals surface area contributed by atoms with Crippen molar-refractivity contribution in [2.45, 2.75) is 13.0 Å². The second-order valence-corrected chi connectivity index (χ2v) is 7.73. The third-order valence-electron chi connectivity index (χ3n) is 5.59. The molecule has 2 heterocycles. The fraction of sp³-hybridized carbons (Fsp3) is 0.115. The minimum Gasteiger partial charge on any atom is -0.497 e. The normalized spacial score (nSPS) is 14.9. The molecule has 164 valence electrons. The number of para-hydroxylation sites is 1. The highest BCUT2D eigenvalue weighted by atomic mass is 16.5. The van der Waals surface area contributed by atoms with Crippen molar-refractivity contribution in [1.82, 2.24) is 14.8 Å². The number of carbonyl (C=O) groups is 1. The summed E-state index contributed by atoms with van der Waals surface area (Å²) in [6, 6.07) is 26.5. The van der Waals surface area contributed by atoms with Crippen LogP contribution in [0.25, 0.3) is 11.4 Å². The van der Waals surface area contributed by atoms with Gasteiger partial charge in [0.15, 0.2) is 5.82 Å². The summed E-state index contributed by atoms with van der Waals surface area (Å²) < 4.78 is 7.03. The Hall–Kier alpha value is -4.39. The summed E-state index contributed by atoms with van der Waals surface area (Å²) in [5.41, 5.74) is 3.86. The summed E-state index contributed by atoms with van der Waals surface area (Å²) in [6.07, 6.45) is 0. The average molecular weight is 438 g/mol. The molecule has 0 radical (unpaired) electrons. The number of amides is 1. The van der Waals surface area contributed by atoms with Crippen molar-refractivity contribution >= 4 is 17.5 Å². The van der Waals surface area contributed by atoms with Crippen molar-refractivity contribution < 1.29 is 9.53 Å². The highest BCUT2D eigenvalue weighted by molar-refractivity contribution is 6.06. The van der Waals surface area contributed by atoms with E-state index in [1.165, 1.54) is 0 Å². The van der Waals surface area contributed by atoms with Crippen LogP contribution in [0.15, 0.2) is 96.2 Å². The van der Waals surface area contributed by atoms with Gasteiger partial charge >= 0.3 is 0 Å². The number of hydrogen-bond acceptors (Lipinski definition) is 5. The Morgan fingerprint density at radius 3 is 2.30 bits per heavy atom. The number of anilines is 2. The highest BCUT2D eigenvalue weighted by Gasteiger charge is 2.34. The van der Waals surface area contributed by atoms with Crippen molar-refractivity contribution in [3.63, 3.8) is 0 Å². The Morgan fingerprint density at radius 1 is 0.970 bits per heavy atom. The number of methoxy groups -OCH3 is 1. The van der Waals surface area contributed by atoms with Gasteiger partial charge in [-0.05, 0) is 48.9 Å². The zero-order valence-corrected chi connectivity index (χ0v) is 18.3. The van der Waals surface area contributed by atoms with E-state index in [1.54, 1.807) is 11.8 Å². The Bertz CT molecular complexity index is 1310. The first kappa shape index (κ1) is 20.5. The molecule has 4 aromatic rings. The third-order valence-corrected chi connectivity index (χ3v) is 5.59. The standard InChI is InChI=1S/C26H23N5O2/c1-17-22(25(32)28-20-11-7-4-8-12-20)23(18-9-5-3-6-10-18)31-26(27-17)29-24(30-31)19-13-15-21(33-2)16-14-19/h3-16,23H,1-2H3,(H,28,32)(H,27,29,30). The zero-order chi connectivity index (χ0) is 22.8. The van der Waals surface area contributed by atoms with Crippen LogP contribution in [0, 0.1) is 0 Å². The van der Waals surface area contributed by atoms with Crippen LogP contribution in [0.5, 0.6) is 5.75 Å². The molecule has 7 heteroatoms. The van der Waals surface area contributed by atoms with Gasteiger partial charge in [0.2, 0.25) is 5.95 Å². The minimum atomic E-state index is -0.425. The van der Waals surface area contributed by atoms with Crippen LogP contribution < -0.4 is 15.4 Å². The molecule has 0 fully saturated rings. The van der Waals surface area contributed by atoms with Crippen molar-refractivity contribution in [2.24, 2.45) is 0 Å². The number of benzene rings is 3. The first-order valence-corrected chi connectivity index (χ1v) is 10.6. The lowest BCUT2D eigenvalue weighted by atomic mass is 9.95. The van der Waals surface area contributed by atoms with Crippen molar-refractivity contribution in [2.75, 3.05) is 17.7 Å². The maximum absolute atomic E-state index is 13.4. The topological polar surface area (TPSA) is 81.1 Å². The van der Waals surface area contributed by atoms with Gasteiger partial charge in [-0.1, -0.05) is 48.5 Å². The molecule has 2 N–H and O–H groups in total. The number of hydrogen-bond donors (Lipinski definition) is 2. The predicted molar refractivity (Wildman–Crippen MR) is 128 cm³/mol. The predicted octanol–water partition coefficient (Wildman–Crippen LogP) is 4.88. The maximum atomic E-state index is 13.4. The fourth-order valence-corrected chi connectivity index (χ4v) is 3.97. The molecule has 0 spiro atoms. The van der Waals surface area contributed by atoms with Crippen LogP contribution in [0.2, 0.25) is 0 Å². The molecular formula is C26H23N5O2. The molecule has 1 unspecified atom stereocenters. The van der Waals surface area contributed by atoms with Crippen LogP contribution >= 0.6 is 0 Å². The lowest BCUT2D eigenvalue weighted by molar-refractivity contribution is -0.113. The number of allylic oxidation sites excluding steroid dienone is 1. The van der Waals surface area contributed by atoms with Gasteiger partial charge < -0.3 is 15.4 Å². The zero-order valence-electron chi connectivity index (χ0n) is 18.3. The van der Waals surface area contributed by atoms with E-state index in [2.05, 4.69) is 10.6 Å². The smallest absolute Gasteiger partial charge is 0.255 e. The van der Waals surface area contributed by atoms with Crippen molar-refractivity contribution in [3.8, 4) is 17.1 Å². The summed E-state index contributed by atoms with van der Waals surface area (Å²) in [4.78, 5) is 18.1. The molecule has 1 atom stereocenters. The number of aromatic nitrogens is 3. The Labute approximate surface area is 191 Å². The SMILES string of the molecule is COc1ccc(-c2nc3n(n2)C(c2ccccc2)C(C(=O)Nc2ccccc2)=C(C)N3)cc1. The number of fused-ring (bicyclic) bond motifs is 1. The van der Waals surface area contributed by atoms with Crippen LogP contribution in [0.4, 0.5) is 11.6 Å². The fourth-order valence-electron chi connectivity index (χ4n) is 3.97. The van der Waals surface area contributed by atoms with Gasteiger partial charge in [-0.2, -0.15) is 4.98 Å². The van der Waals surface area contributed by atoms with Crippen molar-refractivity contribution in [1.29, 1.82) is 0 Å². The number of nitrogens with one attached hydrogen (secondary N) is 2. The van der Waals surface area contributed by atoms with E-state index < -0.39 is 6.04 Å². The molecule has 0 saturated carbocycles. The van der Waals surface area contributed by atoms with Gasteiger partial charge in [-0.3, -0.25) is 4.79 Å². The monoisotopic (exact) mass is 437 g/mol.